The summed E-state index contributed by atoms with van der Waals surface area (Å²) >= 11 is 0. The second-order valence-corrected chi connectivity index (χ2v) is 5.12. The number of aromatic nitrogens is 2. The monoisotopic (exact) mass is 277 g/mol. The maximum absolute atomic E-state index is 10.8. The fraction of sp³-hybridized carbons (Fsp3) is 0.643. The van der Waals surface area contributed by atoms with Crippen LogP contribution < -0.4 is 15.5 Å². The van der Waals surface area contributed by atoms with Crippen LogP contribution in [-0.2, 0) is 4.79 Å². The molecule has 0 spiro atoms. The standard InChI is InChI=1S/C14H23N5O/c1-11-17-13(16-7-6-15-12(2)20)10-14(18-11)19-8-4-3-5-9-19/h10H,3-9H2,1-2H3,(H,15,20)(H,16,17,18). The number of anilines is 2. The van der Waals surface area contributed by atoms with E-state index in [0.717, 1.165) is 30.5 Å². The van der Waals surface area contributed by atoms with E-state index in [4.69, 9.17) is 0 Å². The van der Waals surface area contributed by atoms with E-state index in [1.807, 2.05) is 13.0 Å². The van der Waals surface area contributed by atoms with Crippen LogP contribution in [0.15, 0.2) is 6.07 Å². The first kappa shape index (κ1) is 14.6. The summed E-state index contributed by atoms with van der Waals surface area (Å²) < 4.78 is 0. The fourth-order valence-electron chi connectivity index (χ4n) is 2.36. The van der Waals surface area contributed by atoms with Gasteiger partial charge >= 0.3 is 0 Å². The molecule has 0 bridgehead atoms. The molecule has 1 saturated heterocycles. The molecular formula is C14H23N5O. The van der Waals surface area contributed by atoms with Gasteiger partial charge in [0, 0.05) is 39.2 Å². The fourth-order valence-corrected chi connectivity index (χ4v) is 2.36. The number of carbonyl (C=O) groups is 1. The van der Waals surface area contributed by atoms with Crippen molar-refractivity contribution in [2.24, 2.45) is 0 Å². The zero-order chi connectivity index (χ0) is 14.4. The van der Waals surface area contributed by atoms with E-state index in [0.29, 0.717) is 13.1 Å². The van der Waals surface area contributed by atoms with Crippen LogP contribution in [0.3, 0.4) is 0 Å². The summed E-state index contributed by atoms with van der Waals surface area (Å²) in [5, 5.41) is 5.98. The third-order valence-corrected chi connectivity index (χ3v) is 3.31. The number of aryl methyl sites for hydroxylation is 1. The highest BCUT2D eigenvalue weighted by molar-refractivity contribution is 5.72. The van der Waals surface area contributed by atoms with Crippen LogP contribution in [0.25, 0.3) is 0 Å². The number of hydrogen-bond donors (Lipinski definition) is 2. The lowest BCUT2D eigenvalue weighted by Crippen LogP contribution is -2.30. The molecule has 0 saturated carbocycles. The van der Waals surface area contributed by atoms with Gasteiger partial charge in [0.15, 0.2) is 0 Å². The Morgan fingerprint density at radius 3 is 2.70 bits per heavy atom. The minimum Gasteiger partial charge on any atom is -0.368 e. The van der Waals surface area contributed by atoms with E-state index in [1.54, 1.807) is 0 Å². The topological polar surface area (TPSA) is 70.2 Å². The molecule has 1 aromatic heterocycles. The van der Waals surface area contributed by atoms with Gasteiger partial charge in [-0.05, 0) is 26.2 Å². The number of amides is 1. The Balaban J connectivity index is 1.95. The largest absolute Gasteiger partial charge is 0.368 e. The summed E-state index contributed by atoms with van der Waals surface area (Å²) in [6.07, 6.45) is 3.77. The Labute approximate surface area is 120 Å². The highest BCUT2D eigenvalue weighted by atomic mass is 16.1. The second-order valence-electron chi connectivity index (χ2n) is 5.12. The molecular weight excluding hydrogens is 254 g/mol. The lowest BCUT2D eigenvalue weighted by Gasteiger charge is -2.28. The Morgan fingerprint density at radius 1 is 1.25 bits per heavy atom. The molecule has 1 amide bonds. The van der Waals surface area contributed by atoms with Gasteiger partial charge in [0.05, 0.1) is 0 Å². The number of nitrogens with zero attached hydrogens (tertiary/aromatic N) is 3. The van der Waals surface area contributed by atoms with E-state index in [-0.39, 0.29) is 5.91 Å². The summed E-state index contributed by atoms with van der Waals surface area (Å²) in [6, 6.07) is 1.99. The van der Waals surface area contributed by atoms with E-state index in [9.17, 15) is 4.79 Å². The van der Waals surface area contributed by atoms with Gasteiger partial charge < -0.3 is 15.5 Å². The maximum Gasteiger partial charge on any atom is 0.216 e. The van der Waals surface area contributed by atoms with Gasteiger partial charge in [-0.15, -0.1) is 0 Å². The van der Waals surface area contributed by atoms with Crippen molar-refractivity contribution >= 4 is 17.5 Å². The zero-order valence-electron chi connectivity index (χ0n) is 12.3. The Bertz CT molecular complexity index is 457. The van der Waals surface area contributed by atoms with Gasteiger partial charge in [-0.2, -0.15) is 0 Å². The van der Waals surface area contributed by atoms with E-state index >= 15 is 0 Å². The molecule has 0 atom stereocenters. The molecule has 0 aromatic carbocycles. The van der Waals surface area contributed by atoms with Gasteiger partial charge in [-0.3, -0.25) is 4.79 Å². The smallest absolute Gasteiger partial charge is 0.216 e. The second kappa shape index (κ2) is 7.07. The molecule has 2 rings (SSSR count). The van der Waals surface area contributed by atoms with E-state index in [2.05, 4.69) is 25.5 Å². The normalized spacial score (nSPS) is 15.0. The van der Waals surface area contributed by atoms with Crippen molar-refractivity contribution in [1.29, 1.82) is 0 Å². The van der Waals surface area contributed by atoms with Gasteiger partial charge in [-0.1, -0.05) is 0 Å². The number of nitrogens with one attached hydrogen (secondary N) is 2. The predicted molar refractivity (Wildman–Crippen MR) is 80.0 cm³/mol. The van der Waals surface area contributed by atoms with Crippen molar-refractivity contribution < 1.29 is 4.79 Å². The van der Waals surface area contributed by atoms with Crippen LogP contribution in [0.5, 0.6) is 0 Å². The Morgan fingerprint density at radius 2 is 2.00 bits per heavy atom. The highest BCUT2D eigenvalue weighted by Gasteiger charge is 2.13. The van der Waals surface area contributed by atoms with Crippen molar-refractivity contribution in [1.82, 2.24) is 15.3 Å². The molecule has 0 aliphatic carbocycles. The Kier molecular flexibility index (Phi) is 5.15. The summed E-state index contributed by atoms with van der Waals surface area (Å²) in [5.41, 5.74) is 0. The first-order valence-corrected chi connectivity index (χ1v) is 7.24. The first-order chi connectivity index (χ1) is 9.65. The van der Waals surface area contributed by atoms with E-state index < -0.39 is 0 Å². The lowest BCUT2D eigenvalue weighted by molar-refractivity contribution is -0.118. The quantitative estimate of drug-likeness (QED) is 0.794. The van der Waals surface area contributed by atoms with Crippen molar-refractivity contribution in [3.05, 3.63) is 11.9 Å². The summed E-state index contributed by atoms with van der Waals surface area (Å²) in [6.45, 7) is 6.83. The number of carbonyl (C=O) groups excluding carboxylic acids is 1. The molecule has 20 heavy (non-hydrogen) atoms. The summed E-state index contributed by atoms with van der Waals surface area (Å²) in [5.74, 6) is 2.58. The molecule has 2 N–H and O–H groups in total. The summed E-state index contributed by atoms with van der Waals surface area (Å²) in [7, 11) is 0. The van der Waals surface area contributed by atoms with Crippen LogP contribution in [-0.4, -0.2) is 42.1 Å². The average Bonchev–Trinajstić information content (AvgIpc) is 2.44. The SMILES string of the molecule is CC(=O)NCCNc1cc(N2CCCCC2)nc(C)n1. The number of hydrogen-bond acceptors (Lipinski definition) is 5. The molecule has 6 heteroatoms. The van der Waals surface area contributed by atoms with Crippen molar-refractivity contribution in [2.75, 3.05) is 36.4 Å². The van der Waals surface area contributed by atoms with E-state index in [1.165, 1.54) is 26.2 Å². The highest BCUT2D eigenvalue weighted by Crippen LogP contribution is 2.20. The van der Waals surface area contributed by atoms with Gasteiger partial charge in [-0.25, -0.2) is 9.97 Å². The van der Waals surface area contributed by atoms with Gasteiger partial charge in [0.1, 0.15) is 17.5 Å². The minimum atomic E-state index is -0.0142. The number of rotatable bonds is 5. The van der Waals surface area contributed by atoms with Crippen molar-refractivity contribution in [2.45, 2.75) is 33.1 Å². The van der Waals surface area contributed by atoms with Crippen molar-refractivity contribution in [3.63, 3.8) is 0 Å². The van der Waals surface area contributed by atoms with Gasteiger partial charge in [0.2, 0.25) is 5.91 Å². The summed E-state index contributed by atoms with van der Waals surface area (Å²) in [4.78, 5) is 22.0. The van der Waals surface area contributed by atoms with Gasteiger partial charge in [0.25, 0.3) is 0 Å². The van der Waals surface area contributed by atoms with Crippen LogP contribution in [0.2, 0.25) is 0 Å². The minimum absolute atomic E-state index is 0.0142. The molecule has 6 nitrogen and oxygen atoms in total. The van der Waals surface area contributed by atoms with Crippen LogP contribution in [0.4, 0.5) is 11.6 Å². The molecule has 2 heterocycles. The molecule has 0 unspecified atom stereocenters. The molecule has 110 valence electrons. The lowest BCUT2D eigenvalue weighted by atomic mass is 10.1. The molecule has 1 aliphatic heterocycles. The third-order valence-electron chi connectivity index (χ3n) is 3.31. The predicted octanol–water partition coefficient (Wildman–Crippen LogP) is 1.32. The maximum atomic E-state index is 10.8. The van der Waals surface area contributed by atoms with Crippen molar-refractivity contribution in [3.8, 4) is 0 Å². The van der Waals surface area contributed by atoms with Crippen LogP contribution in [0, 0.1) is 6.92 Å². The molecule has 1 aliphatic rings. The van der Waals surface area contributed by atoms with Crippen LogP contribution in [0.1, 0.15) is 32.0 Å². The average molecular weight is 277 g/mol. The van der Waals surface area contributed by atoms with Crippen LogP contribution >= 0.6 is 0 Å². The third kappa shape index (κ3) is 4.36. The molecule has 1 fully saturated rings. The first-order valence-electron chi connectivity index (χ1n) is 7.24. The Hall–Kier alpha value is -1.85. The molecule has 1 aromatic rings. The zero-order valence-corrected chi connectivity index (χ0v) is 12.3. The number of piperidine rings is 1. The molecule has 0 radical (unpaired) electrons.